The van der Waals surface area contributed by atoms with E-state index < -0.39 is 0 Å². The van der Waals surface area contributed by atoms with Crippen LogP contribution in [0.1, 0.15) is 31.9 Å². The van der Waals surface area contributed by atoms with E-state index in [2.05, 4.69) is 29.4 Å². The van der Waals surface area contributed by atoms with E-state index in [1.54, 1.807) is 0 Å². The van der Waals surface area contributed by atoms with Crippen molar-refractivity contribution in [2.24, 2.45) is 5.92 Å². The van der Waals surface area contributed by atoms with Gasteiger partial charge in [0.2, 0.25) is 0 Å². The van der Waals surface area contributed by atoms with E-state index in [9.17, 15) is 0 Å². The summed E-state index contributed by atoms with van der Waals surface area (Å²) in [5.41, 5.74) is 9.05. The molecule has 0 amide bonds. The first-order chi connectivity index (χ1) is 9.13. The van der Waals surface area contributed by atoms with Gasteiger partial charge in [-0.25, -0.2) is 0 Å². The molecule has 1 heterocycles. The number of nitrogen functional groups attached to an aromatic ring is 1. The minimum absolute atomic E-state index is 0.593. The third kappa shape index (κ3) is 2.37. The molecule has 0 saturated heterocycles. The van der Waals surface area contributed by atoms with Crippen LogP contribution in [0, 0.1) is 12.8 Å². The molecular formula is C16H21N3. The summed E-state index contributed by atoms with van der Waals surface area (Å²) in [6.07, 6.45) is 5.72. The van der Waals surface area contributed by atoms with E-state index in [1.807, 2.05) is 19.2 Å². The van der Waals surface area contributed by atoms with Crippen LogP contribution in [0.25, 0.3) is 10.8 Å². The predicted octanol–water partition coefficient (Wildman–Crippen LogP) is 3.73. The first kappa shape index (κ1) is 12.3. The van der Waals surface area contributed by atoms with Crippen LogP contribution in [0.5, 0.6) is 0 Å². The minimum atomic E-state index is 0.593. The highest BCUT2D eigenvalue weighted by atomic mass is 14.9. The Hall–Kier alpha value is -1.77. The largest absolute Gasteiger partial charge is 0.398 e. The van der Waals surface area contributed by atoms with Gasteiger partial charge < -0.3 is 11.1 Å². The van der Waals surface area contributed by atoms with Gasteiger partial charge in [0.15, 0.2) is 0 Å². The fourth-order valence-electron chi connectivity index (χ4n) is 3.05. The van der Waals surface area contributed by atoms with E-state index in [-0.39, 0.29) is 0 Å². The van der Waals surface area contributed by atoms with Crippen LogP contribution in [-0.2, 0) is 0 Å². The maximum Gasteiger partial charge on any atom is 0.0424 e. The van der Waals surface area contributed by atoms with Gasteiger partial charge in [-0.15, -0.1) is 0 Å². The summed E-state index contributed by atoms with van der Waals surface area (Å²) in [6.45, 7) is 4.35. The number of anilines is 2. The molecule has 0 spiro atoms. The van der Waals surface area contributed by atoms with Crippen molar-refractivity contribution in [1.82, 2.24) is 4.98 Å². The Balaban J connectivity index is 1.99. The average Bonchev–Trinajstić information content (AvgIpc) is 2.78. The number of fused-ring (bicyclic) bond motifs is 1. The van der Waals surface area contributed by atoms with E-state index in [1.165, 1.54) is 30.3 Å². The van der Waals surface area contributed by atoms with Crippen LogP contribution >= 0.6 is 0 Å². The highest BCUT2D eigenvalue weighted by Crippen LogP contribution is 2.32. The fraction of sp³-hybridized carbons (Fsp3) is 0.438. The Morgan fingerprint density at radius 1 is 1.26 bits per heavy atom. The van der Waals surface area contributed by atoms with Gasteiger partial charge >= 0.3 is 0 Å². The number of nitrogens with one attached hydrogen (secondary N) is 1. The summed E-state index contributed by atoms with van der Waals surface area (Å²) in [6, 6.07) is 6.78. The zero-order valence-corrected chi connectivity index (χ0v) is 11.6. The Morgan fingerprint density at radius 2 is 2.11 bits per heavy atom. The molecule has 0 radical (unpaired) electrons. The van der Waals surface area contributed by atoms with Crippen molar-refractivity contribution in [2.45, 2.75) is 39.2 Å². The van der Waals surface area contributed by atoms with E-state index >= 15 is 0 Å². The summed E-state index contributed by atoms with van der Waals surface area (Å²) >= 11 is 0. The maximum atomic E-state index is 6.04. The molecule has 3 heteroatoms. The van der Waals surface area contributed by atoms with Gasteiger partial charge in [0.05, 0.1) is 0 Å². The number of nitrogens with zero attached hydrogens (tertiary/aromatic N) is 1. The lowest BCUT2D eigenvalue weighted by atomic mass is 10.1. The van der Waals surface area contributed by atoms with Crippen LogP contribution in [0.4, 0.5) is 11.4 Å². The molecule has 2 unspecified atom stereocenters. The van der Waals surface area contributed by atoms with Crippen LogP contribution in [-0.4, -0.2) is 11.0 Å². The topological polar surface area (TPSA) is 50.9 Å². The Morgan fingerprint density at radius 3 is 2.84 bits per heavy atom. The van der Waals surface area contributed by atoms with Gasteiger partial charge in [-0.05, 0) is 50.3 Å². The number of aromatic nitrogens is 1. The number of hydrogen-bond acceptors (Lipinski definition) is 3. The van der Waals surface area contributed by atoms with E-state index in [0.717, 1.165) is 22.7 Å². The predicted molar refractivity (Wildman–Crippen MR) is 81.3 cm³/mol. The number of aryl methyl sites for hydroxylation is 1. The van der Waals surface area contributed by atoms with Crippen LogP contribution in [0.2, 0.25) is 0 Å². The van der Waals surface area contributed by atoms with E-state index in [0.29, 0.717) is 6.04 Å². The normalized spacial score (nSPS) is 22.8. The highest BCUT2D eigenvalue weighted by Gasteiger charge is 2.21. The molecule has 1 saturated carbocycles. The molecular weight excluding hydrogens is 234 g/mol. The van der Waals surface area contributed by atoms with Gasteiger partial charge in [-0.3, -0.25) is 4.98 Å². The smallest absolute Gasteiger partial charge is 0.0424 e. The molecule has 3 nitrogen and oxygen atoms in total. The standard InChI is InChI=1S/C16H21N3/c1-10-3-4-12(7-10)19-16-6-5-15(17)14-9-18-11(2)8-13(14)16/h5-6,8-10,12,19H,3-4,7,17H2,1-2H3. The Labute approximate surface area is 114 Å². The third-order valence-corrected chi connectivity index (χ3v) is 4.13. The summed E-state index contributed by atoms with van der Waals surface area (Å²) in [5.74, 6) is 0.834. The summed E-state index contributed by atoms with van der Waals surface area (Å²) in [5, 5.41) is 5.92. The van der Waals surface area contributed by atoms with Crippen LogP contribution < -0.4 is 11.1 Å². The first-order valence-electron chi connectivity index (χ1n) is 7.05. The van der Waals surface area contributed by atoms with Crippen molar-refractivity contribution in [3.05, 3.63) is 30.1 Å². The number of benzene rings is 1. The monoisotopic (exact) mass is 255 g/mol. The summed E-state index contributed by atoms with van der Waals surface area (Å²) in [7, 11) is 0. The van der Waals surface area contributed by atoms with Gasteiger partial charge in [-0.1, -0.05) is 6.92 Å². The summed E-state index contributed by atoms with van der Waals surface area (Å²) < 4.78 is 0. The van der Waals surface area contributed by atoms with Crippen molar-refractivity contribution < 1.29 is 0 Å². The Bertz CT molecular complexity index is 606. The highest BCUT2D eigenvalue weighted by molar-refractivity contribution is 6.00. The second-order valence-corrected chi connectivity index (χ2v) is 5.83. The third-order valence-electron chi connectivity index (χ3n) is 4.13. The van der Waals surface area contributed by atoms with Gasteiger partial charge in [-0.2, -0.15) is 0 Å². The number of pyridine rings is 1. The molecule has 1 aliphatic carbocycles. The SMILES string of the molecule is Cc1cc2c(NC3CCC(C)C3)ccc(N)c2cn1. The molecule has 0 bridgehead atoms. The molecule has 3 rings (SSSR count). The average molecular weight is 255 g/mol. The molecule has 19 heavy (non-hydrogen) atoms. The Kier molecular flexibility index (Phi) is 3.05. The maximum absolute atomic E-state index is 6.04. The molecule has 1 aromatic carbocycles. The van der Waals surface area contributed by atoms with Crippen molar-refractivity contribution >= 4 is 22.1 Å². The zero-order valence-electron chi connectivity index (χ0n) is 11.6. The minimum Gasteiger partial charge on any atom is -0.398 e. The van der Waals surface area contributed by atoms with Crippen molar-refractivity contribution in [1.29, 1.82) is 0 Å². The molecule has 2 aromatic rings. The van der Waals surface area contributed by atoms with E-state index in [4.69, 9.17) is 5.73 Å². The molecule has 2 atom stereocenters. The molecule has 1 fully saturated rings. The van der Waals surface area contributed by atoms with Crippen LogP contribution in [0.3, 0.4) is 0 Å². The zero-order chi connectivity index (χ0) is 13.4. The van der Waals surface area contributed by atoms with Crippen molar-refractivity contribution in [3.8, 4) is 0 Å². The number of nitrogens with two attached hydrogens (primary N) is 1. The lowest BCUT2D eigenvalue weighted by Gasteiger charge is -2.17. The lowest BCUT2D eigenvalue weighted by Crippen LogP contribution is -2.15. The number of hydrogen-bond donors (Lipinski definition) is 2. The second-order valence-electron chi connectivity index (χ2n) is 5.83. The fourth-order valence-corrected chi connectivity index (χ4v) is 3.05. The van der Waals surface area contributed by atoms with Gasteiger partial charge in [0, 0.05) is 40.1 Å². The second kappa shape index (κ2) is 4.72. The van der Waals surface area contributed by atoms with Gasteiger partial charge in [0.1, 0.15) is 0 Å². The molecule has 1 aromatic heterocycles. The molecule has 1 aliphatic rings. The lowest BCUT2D eigenvalue weighted by molar-refractivity contribution is 0.603. The van der Waals surface area contributed by atoms with Crippen molar-refractivity contribution in [3.63, 3.8) is 0 Å². The van der Waals surface area contributed by atoms with Gasteiger partial charge in [0.25, 0.3) is 0 Å². The van der Waals surface area contributed by atoms with Crippen LogP contribution in [0.15, 0.2) is 24.4 Å². The molecule has 3 N–H and O–H groups in total. The first-order valence-corrected chi connectivity index (χ1v) is 7.05. The molecule has 0 aliphatic heterocycles. The quantitative estimate of drug-likeness (QED) is 0.804. The summed E-state index contributed by atoms with van der Waals surface area (Å²) in [4.78, 5) is 4.35. The molecule has 100 valence electrons. The van der Waals surface area contributed by atoms with Crippen molar-refractivity contribution in [2.75, 3.05) is 11.1 Å². The number of rotatable bonds is 2.